The highest BCUT2D eigenvalue weighted by molar-refractivity contribution is 6.31. The van der Waals surface area contributed by atoms with Gasteiger partial charge in [0.05, 0.1) is 6.04 Å². The zero-order valence-electron chi connectivity index (χ0n) is 11.3. The van der Waals surface area contributed by atoms with Crippen LogP contribution in [0.2, 0.25) is 5.02 Å². The van der Waals surface area contributed by atoms with Crippen molar-refractivity contribution in [3.05, 3.63) is 52.8 Å². The van der Waals surface area contributed by atoms with E-state index in [0.717, 1.165) is 6.07 Å². The van der Waals surface area contributed by atoms with Crippen molar-refractivity contribution in [2.75, 3.05) is 0 Å². The van der Waals surface area contributed by atoms with E-state index in [1.54, 1.807) is 24.3 Å². The Kier molecular flexibility index (Phi) is 4.58. The zero-order chi connectivity index (χ0) is 15.6. The van der Waals surface area contributed by atoms with E-state index in [1.165, 1.54) is 10.9 Å². The SMILES string of the molecule is CCC(N)C(c1ccccc1Cl)n1ccc(C(F)(F)F)n1. The minimum atomic E-state index is -4.48. The maximum atomic E-state index is 12.7. The van der Waals surface area contributed by atoms with E-state index >= 15 is 0 Å². The lowest BCUT2D eigenvalue weighted by Crippen LogP contribution is -2.33. The van der Waals surface area contributed by atoms with Crippen molar-refractivity contribution in [3.63, 3.8) is 0 Å². The topological polar surface area (TPSA) is 43.8 Å². The fourth-order valence-electron chi connectivity index (χ4n) is 2.15. The third kappa shape index (κ3) is 3.39. The number of nitrogens with zero attached hydrogens (tertiary/aromatic N) is 2. The highest BCUT2D eigenvalue weighted by Gasteiger charge is 2.35. The highest BCUT2D eigenvalue weighted by Crippen LogP contribution is 2.32. The normalized spacial score (nSPS) is 15.0. The van der Waals surface area contributed by atoms with Crippen LogP contribution < -0.4 is 5.73 Å². The number of nitrogens with two attached hydrogens (primary N) is 1. The lowest BCUT2D eigenvalue weighted by molar-refractivity contribution is -0.141. The molecule has 2 atom stereocenters. The summed E-state index contributed by atoms with van der Waals surface area (Å²) in [5.41, 5.74) is 5.78. The van der Waals surface area contributed by atoms with Gasteiger partial charge in [0.15, 0.2) is 5.69 Å². The number of benzene rings is 1. The van der Waals surface area contributed by atoms with Crippen molar-refractivity contribution in [3.8, 4) is 0 Å². The maximum absolute atomic E-state index is 12.7. The van der Waals surface area contributed by atoms with E-state index in [4.69, 9.17) is 17.3 Å². The molecule has 0 radical (unpaired) electrons. The first-order valence-corrected chi connectivity index (χ1v) is 6.84. The lowest BCUT2D eigenvalue weighted by atomic mass is 9.98. The van der Waals surface area contributed by atoms with E-state index in [9.17, 15) is 13.2 Å². The Labute approximate surface area is 125 Å². The van der Waals surface area contributed by atoms with Crippen molar-refractivity contribution in [1.82, 2.24) is 9.78 Å². The molecule has 0 amide bonds. The average molecular weight is 318 g/mol. The van der Waals surface area contributed by atoms with Crippen LogP contribution in [0, 0.1) is 0 Å². The standard InChI is InChI=1S/C14H15ClF3N3/c1-2-11(19)13(9-5-3-4-6-10(9)15)21-8-7-12(20-21)14(16,17)18/h3-8,11,13H,2,19H2,1H3. The van der Waals surface area contributed by atoms with Crippen LogP contribution in [0.1, 0.15) is 30.6 Å². The Bertz CT molecular complexity index is 610. The number of aromatic nitrogens is 2. The van der Waals surface area contributed by atoms with Gasteiger partial charge in [-0.2, -0.15) is 18.3 Å². The number of alkyl halides is 3. The average Bonchev–Trinajstić information content (AvgIpc) is 2.90. The van der Waals surface area contributed by atoms with Crippen molar-refractivity contribution < 1.29 is 13.2 Å². The van der Waals surface area contributed by atoms with Crippen LogP contribution in [0.25, 0.3) is 0 Å². The van der Waals surface area contributed by atoms with Gasteiger partial charge in [-0.1, -0.05) is 36.7 Å². The second-order valence-corrected chi connectivity index (χ2v) is 5.12. The molecular formula is C14H15ClF3N3. The Balaban J connectivity index is 2.47. The first-order chi connectivity index (χ1) is 9.84. The maximum Gasteiger partial charge on any atom is 0.435 e. The molecule has 0 aliphatic heterocycles. The number of hydrogen-bond donors (Lipinski definition) is 1. The van der Waals surface area contributed by atoms with E-state index < -0.39 is 24.0 Å². The summed E-state index contributed by atoms with van der Waals surface area (Å²) >= 11 is 6.15. The van der Waals surface area contributed by atoms with E-state index in [0.29, 0.717) is 17.0 Å². The van der Waals surface area contributed by atoms with Gasteiger partial charge in [0.2, 0.25) is 0 Å². The summed E-state index contributed by atoms with van der Waals surface area (Å²) < 4.78 is 39.3. The molecule has 0 bridgehead atoms. The Morgan fingerprint density at radius 3 is 2.48 bits per heavy atom. The summed E-state index contributed by atoms with van der Waals surface area (Å²) in [4.78, 5) is 0. The van der Waals surface area contributed by atoms with E-state index in [1.807, 2.05) is 6.92 Å². The summed E-state index contributed by atoms with van der Waals surface area (Å²) in [6.07, 6.45) is -2.62. The van der Waals surface area contributed by atoms with Crippen LogP contribution in [0.3, 0.4) is 0 Å². The van der Waals surface area contributed by atoms with E-state index in [2.05, 4.69) is 5.10 Å². The van der Waals surface area contributed by atoms with Gasteiger partial charge >= 0.3 is 6.18 Å². The molecule has 1 aromatic heterocycles. The minimum absolute atomic E-state index is 0.397. The van der Waals surface area contributed by atoms with Gasteiger partial charge < -0.3 is 5.73 Å². The third-order valence-electron chi connectivity index (χ3n) is 3.28. The van der Waals surface area contributed by atoms with E-state index in [-0.39, 0.29) is 0 Å². The summed E-state index contributed by atoms with van der Waals surface area (Å²) in [5.74, 6) is 0. The number of hydrogen-bond acceptors (Lipinski definition) is 2. The second-order valence-electron chi connectivity index (χ2n) is 4.72. The summed E-state index contributed by atoms with van der Waals surface area (Å²) in [5, 5.41) is 4.08. The van der Waals surface area contributed by atoms with Crippen LogP contribution in [0.5, 0.6) is 0 Å². The second kappa shape index (κ2) is 6.07. The number of halogens is 4. The smallest absolute Gasteiger partial charge is 0.326 e. The van der Waals surface area contributed by atoms with Gasteiger partial charge in [-0.05, 0) is 24.1 Å². The van der Waals surface area contributed by atoms with Gasteiger partial charge in [-0.15, -0.1) is 0 Å². The van der Waals surface area contributed by atoms with Gasteiger partial charge in [0.25, 0.3) is 0 Å². The molecule has 2 unspecified atom stereocenters. The van der Waals surface area contributed by atoms with Crippen molar-refractivity contribution in [2.24, 2.45) is 5.73 Å². The van der Waals surface area contributed by atoms with Crippen LogP contribution in [-0.2, 0) is 6.18 Å². The lowest BCUT2D eigenvalue weighted by Gasteiger charge is -2.25. The molecule has 7 heteroatoms. The van der Waals surface area contributed by atoms with Crippen LogP contribution >= 0.6 is 11.6 Å². The van der Waals surface area contributed by atoms with Gasteiger partial charge in [-0.3, -0.25) is 4.68 Å². The fourth-order valence-corrected chi connectivity index (χ4v) is 2.40. The molecule has 1 aromatic carbocycles. The molecule has 2 N–H and O–H groups in total. The predicted molar refractivity (Wildman–Crippen MR) is 75.1 cm³/mol. The van der Waals surface area contributed by atoms with Gasteiger partial charge in [0.1, 0.15) is 0 Å². The monoisotopic (exact) mass is 317 g/mol. The Hall–Kier alpha value is -1.53. The molecule has 3 nitrogen and oxygen atoms in total. The molecule has 0 spiro atoms. The molecule has 0 saturated carbocycles. The summed E-state index contributed by atoms with van der Waals surface area (Å²) in [6.45, 7) is 1.86. The highest BCUT2D eigenvalue weighted by atomic mass is 35.5. The molecule has 0 aliphatic rings. The van der Waals surface area contributed by atoms with Crippen LogP contribution in [0.4, 0.5) is 13.2 Å². The minimum Gasteiger partial charge on any atom is -0.326 e. The molecular weight excluding hydrogens is 303 g/mol. The molecule has 0 fully saturated rings. The van der Waals surface area contributed by atoms with Crippen LogP contribution in [-0.4, -0.2) is 15.8 Å². The van der Waals surface area contributed by atoms with Crippen molar-refractivity contribution in [1.29, 1.82) is 0 Å². The third-order valence-corrected chi connectivity index (χ3v) is 3.63. The summed E-state index contributed by atoms with van der Waals surface area (Å²) in [6, 6.07) is 6.95. The largest absolute Gasteiger partial charge is 0.435 e. The molecule has 2 aromatic rings. The van der Waals surface area contributed by atoms with Crippen LogP contribution in [0.15, 0.2) is 36.5 Å². The molecule has 0 saturated heterocycles. The zero-order valence-corrected chi connectivity index (χ0v) is 12.1. The predicted octanol–water partition coefficient (Wildman–Crippen LogP) is 3.88. The first kappa shape index (κ1) is 15.9. The summed E-state index contributed by atoms with van der Waals surface area (Å²) in [7, 11) is 0. The fraction of sp³-hybridized carbons (Fsp3) is 0.357. The van der Waals surface area contributed by atoms with Gasteiger partial charge in [0, 0.05) is 17.3 Å². The van der Waals surface area contributed by atoms with Crippen molar-refractivity contribution in [2.45, 2.75) is 31.6 Å². The molecule has 2 rings (SSSR count). The Morgan fingerprint density at radius 2 is 1.95 bits per heavy atom. The number of rotatable bonds is 4. The van der Waals surface area contributed by atoms with Crippen molar-refractivity contribution >= 4 is 11.6 Å². The Morgan fingerprint density at radius 1 is 1.29 bits per heavy atom. The molecule has 0 aliphatic carbocycles. The molecule has 21 heavy (non-hydrogen) atoms. The molecule has 1 heterocycles. The van der Waals surface area contributed by atoms with Gasteiger partial charge in [-0.25, -0.2) is 0 Å². The quantitative estimate of drug-likeness (QED) is 0.930. The molecule has 114 valence electrons. The first-order valence-electron chi connectivity index (χ1n) is 6.47.